The maximum Gasteiger partial charge on any atom is 0.257 e. The summed E-state index contributed by atoms with van der Waals surface area (Å²) < 4.78 is 26.1. The SMILES string of the molecule is Cc1cc(C)n(Cc2cccc(C(=O)Nc3nc4ccc(S(C)(=O)=O)cc4s3)c2)n1. The first-order valence-corrected chi connectivity index (χ1v) is 11.9. The van der Waals surface area contributed by atoms with Crippen molar-refractivity contribution in [3.05, 3.63) is 71.0 Å². The average Bonchev–Trinajstić information content (AvgIpc) is 3.22. The second-order valence-electron chi connectivity index (χ2n) is 7.16. The number of carbonyl (C=O) groups is 1. The summed E-state index contributed by atoms with van der Waals surface area (Å²) in [5.74, 6) is -0.271. The molecule has 0 unspecified atom stereocenters. The molecule has 0 aliphatic rings. The van der Waals surface area contributed by atoms with Gasteiger partial charge in [-0.05, 0) is 55.8 Å². The molecule has 1 N–H and O–H groups in total. The van der Waals surface area contributed by atoms with Crippen molar-refractivity contribution in [2.45, 2.75) is 25.3 Å². The standard InChI is InChI=1S/C21H20N4O3S2/c1-13-9-14(2)25(24-13)12-15-5-4-6-16(10-15)20(26)23-21-22-18-8-7-17(30(3,27)28)11-19(18)29-21/h4-11H,12H2,1-3H3,(H,22,23,26). The van der Waals surface area contributed by atoms with E-state index in [1.807, 2.05) is 42.8 Å². The van der Waals surface area contributed by atoms with Gasteiger partial charge in [-0.3, -0.25) is 14.8 Å². The van der Waals surface area contributed by atoms with Crippen LogP contribution in [0.3, 0.4) is 0 Å². The van der Waals surface area contributed by atoms with E-state index in [2.05, 4.69) is 15.4 Å². The normalized spacial score (nSPS) is 11.7. The number of thiazole rings is 1. The molecule has 0 saturated carbocycles. The predicted molar refractivity (Wildman–Crippen MR) is 118 cm³/mol. The van der Waals surface area contributed by atoms with Crippen LogP contribution in [0.15, 0.2) is 53.4 Å². The Kier molecular flexibility index (Phi) is 5.17. The van der Waals surface area contributed by atoms with Crippen LogP contribution in [0.4, 0.5) is 5.13 Å². The number of sulfone groups is 1. The van der Waals surface area contributed by atoms with E-state index in [0.29, 0.717) is 27.5 Å². The second kappa shape index (κ2) is 7.66. The molecule has 0 radical (unpaired) electrons. The van der Waals surface area contributed by atoms with Gasteiger partial charge in [0.25, 0.3) is 5.91 Å². The first kappa shape index (κ1) is 20.2. The molecule has 0 aliphatic carbocycles. The van der Waals surface area contributed by atoms with Gasteiger partial charge in [-0.1, -0.05) is 23.5 Å². The van der Waals surface area contributed by atoms with E-state index in [0.717, 1.165) is 23.2 Å². The largest absolute Gasteiger partial charge is 0.298 e. The molecule has 2 heterocycles. The number of fused-ring (bicyclic) bond motifs is 1. The maximum absolute atomic E-state index is 12.7. The first-order chi connectivity index (χ1) is 14.2. The van der Waals surface area contributed by atoms with Crippen LogP contribution >= 0.6 is 11.3 Å². The number of nitrogens with one attached hydrogen (secondary N) is 1. The lowest BCUT2D eigenvalue weighted by molar-refractivity contribution is 0.102. The summed E-state index contributed by atoms with van der Waals surface area (Å²) in [7, 11) is -3.30. The zero-order valence-electron chi connectivity index (χ0n) is 16.7. The van der Waals surface area contributed by atoms with Crippen LogP contribution in [0.2, 0.25) is 0 Å². The molecular weight excluding hydrogens is 420 g/mol. The Hall–Kier alpha value is -3.04. The Morgan fingerprint density at radius 3 is 2.63 bits per heavy atom. The molecule has 154 valence electrons. The van der Waals surface area contributed by atoms with Crippen molar-refractivity contribution in [1.82, 2.24) is 14.8 Å². The van der Waals surface area contributed by atoms with Gasteiger partial charge in [-0.2, -0.15) is 5.10 Å². The van der Waals surface area contributed by atoms with E-state index in [9.17, 15) is 13.2 Å². The summed E-state index contributed by atoms with van der Waals surface area (Å²) in [6, 6.07) is 14.1. The van der Waals surface area contributed by atoms with Crippen LogP contribution in [-0.4, -0.2) is 35.3 Å². The van der Waals surface area contributed by atoms with Crippen LogP contribution in [-0.2, 0) is 16.4 Å². The topological polar surface area (TPSA) is 94.0 Å². The minimum Gasteiger partial charge on any atom is -0.298 e. The highest BCUT2D eigenvalue weighted by Gasteiger charge is 2.14. The van der Waals surface area contributed by atoms with Crippen molar-refractivity contribution < 1.29 is 13.2 Å². The number of aryl methyl sites for hydroxylation is 2. The highest BCUT2D eigenvalue weighted by molar-refractivity contribution is 7.90. The maximum atomic E-state index is 12.7. The molecule has 1 amide bonds. The molecule has 7 nitrogen and oxygen atoms in total. The summed E-state index contributed by atoms with van der Waals surface area (Å²) >= 11 is 1.24. The molecule has 2 aromatic heterocycles. The fourth-order valence-corrected chi connectivity index (χ4v) is 4.80. The van der Waals surface area contributed by atoms with E-state index in [-0.39, 0.29) is 10.8 Å². The number of nitrogens with zero attached hydrogens (tertiary/aromatic N) is 3. The number of anilines is 1. The first-order valence-electron chi connectivity index (χ1n) is 9.21. The van der Waals surface area contributed by atoms with Crippen LogP contribution in [0.5, 0.6) is 0 Å². The van der Waals surface area contributed by atoms with Gasteiger partial charge < -0.3 is 0 Å². The monoisotopic (exact) mass is 440 g/mol. The van der Waals surface area contributed by atoms with Crippen LogP contribution in [0.1, 0.15) is 27.3 Å². The van der Waals surface area contributed by atoms with Gasteiger partial charge in [-0.15, -0.1) is 0 Å². The highest BCUT2D eigenvalue weighted by atomic mass is 32.2. The lowest BCUT2D eigenvalue weighted by atomic mass is 10.1. The Morgan fingerprint density at radius 1 is 1.13 bits per heavy atom. The number of hydrogen-bond donors (Lipinski definition) is 1. The summed E-state index contributed by atoms with van der Waals surface area (Å²) in [5, 5.41) is 7.69. The molecule has 0 aliphatic heterocycles. The third kappa shape index (κ3) is 4.27. The Labute approximate surface area is 178 Å². The van der Waals surface area contributed by atoms with E-state index < -0.39 is 9.84 Å². The molecule has 0 fully saturated rings. The third-order valence-corrected chi connectivity index (χ3v) is 6.68. The molecular formula is C21H20N4O3S2. The zero-order valence-corrected chi connectivity index (χ0v) is 18.3. The third-order valence-electron chi connectivity index (χ3n) is 4.63. The van der Waals surface area contributed by atoms with Gasteiger partial charge >= 0.3 is 0 Å². The molecule has 30 heavy (non-hydrogen) atoms. The fraction of sp³-hybridized carbons (Fsp3) is 0.190. The minimum atomic E-state index is -3.30. The van der Waals surface area contributed by atoms with E-state index in [1.54, 1.807) is 18.2 Å². The van der Waals surface area contributed by atoms with Crippen molar-refractivity contribution in [3.63, 3.8) is 0 Å². The fourth-order valence-electron chi connectivity index (χ4n) is 3.18. The molecule has 2 aromatic carbocycles. The molecule has 0 saturated heterocycles. The van der Waals surface area contributed by atoms with Gasteiger partial charge in [0, 0.05) is 17.5 Å². The Morgan fingerprint density at radius 2 is 1.93 bits per heavy atom. The molecule has 9 heteroatoms. The number of benzene rings is 2. The van der Waals surface area contributed by atoms with Crippen molar-refractivity contribution in [2.24, 2.45) is 0 Å². The van der Waals surface area contributed by atoms with E-state index in [4.69, 9.17) is 0 Å². The smallest absolute Gasteiger partial charge is 0.257 e. The van der Waals surface area contributed by atoms with Gasteiger partial charge in [0.1, 0.15) is 0 Å². The van der Waals surface area contributed by atoms with Crippen molar-refractivity contribution >= 4 is 42.4 Å². The van der Waals surface area contributed by atoms with E-state index >= 15 is 0 Å². The number of carbonyl (C=O) groups excluding carboxylic acids is 1. The predicted octanol–water partition coefficient (Wildman–Crippen LogP) is 3.81. The lowest BCUT2D eigenvalue weighted by Crippen LogP contribution is -2.12. The second-order valence-corrected chi connectivity index (χ2v) is 10.2. The summed E-state index contributed by atoms with van der Waals surface area (Å²) in [6.45, 7) is 4.53. The minimum absolute atomic E-state index is 0.230. The molecule has 0 spiro atoms. The van der Waals surface area contributed by atoms with Crippen LogP contribution in [0.25, 0.3) is 10.2 Å². The summed E-state index contributed by atoms with van der Waals surface area (Å²) in [4.78, 5) is 17.3. The highest BCUT2D eigenvalue weighted by Crippen LogP contribution is 2.28. The van der Waals surface area contributed by atoms with Crippen molar-refractivity contribution in [2.75, 3.05) is 11.6 Å². The van der Waals surface area contributed by atoms with Crippen molar-refractivity contribution in [3.8, 4) is 0 Å². The number of amides is 1. The van der Waals surface area contributed by atoms with Gasteiger partial charge in [0.15, 0.2) is 15.0 Å². The van der Waals surface area contributed by atoms with Gasteiger partial charge in [0.2, 0.25) is 0 Å². The van der Waals surface area contributed by atoms with Crippen LogP contribution < -0.4 is 5.32 Å². The van der Waals surface area contributed by atoms with Crippen molar-refractivity contribution in [1.29, 1.82) is 0 Å². The Balaban J connectivity index is 1.54. The van der Waals surface area contributed by atoms with Gasteiger partial charge in [-0.25, -0.2) is 13.4 Å². The lowest BCUT2D eigenvalue weighted by Gasteiger charge is -2.07. The number of aromatic nitrogens is 3. The quantitative estimate of drug-likeness (QED) is 0.509. The zero-order chi connectivity index (χ0) is 21.5. The molecule has 0 atom stereocenters. The van der Waals surface area contributed by atoms with Gasteiger partial charge in [0.05, 0.1) is 27.4 Å². The van der Waals surface area contributed by atoms with E-state index in [1.165, 1.54) is 17.4 Å². The number of rotatable bonds is 5. The molecule has 0 bridgehead atoms. The Bertz CT molecular complexity index is 1370. The molecule has 4 rings (SSSR count). The molecule has 4 aromatic rings. The summed E-state index contributed by atoms with van der Waals surface area (Å²) in [6.07, 6.45) is 1.16. The van der Waals surface area contributed by atoms with Crippen LogP contribution in [0, 0.1) is 13.8 Å². The average molecular weight is 441 g/mol. The number of hydrogen-bond acceptors (Lipinski definition) is 6. The summed E-state index contributed by atoms with van der Waals surface area (Å²) in [5.41, 5.74) is 4.14.